The number of aromatic nitrogens is 1. The van der Waals surface area contributed by atoms with E-state index in [0.717, 1.165) is 85.7 Å². The highest BCUT2D eigenvalue weighted by Gasteiger charge is 2.26. The number of piperidine rings is 1. The number of ether oxygens (including phenoxy) is 1. The molecule has 1 aromatic heterocycles. The Kier molecular flexibility index (Phi) is 6.07. The molecule has 0 saturated carbocycles. The zero-order valence-electron chi connectivity index (χ0n) is 19.5. The van der Waals surface area contributed by atoms with E-state index >= 15 is 0 Å². The standard InChI is InChI=1S/C27H32N4O2/c1-20-11-13-31(14-12-20)27(32)23-19-28-26(22-8-4-3-7-21(22)23)30-17-15-29(16-18-30)24-9-5-6-10-25(24)33-2/h3-10,19-20H,11-18H2,1-2H3. The summed E-state index contributed by atoms with van der Waals surface area (Å²) in [5.74, 6) is 2.68. The molecule has 2 fully saturated rings. The van der Waals surface area contributed by atoms with Crippen molar-refractivity contribution in [2.75, 3.05) is 56.2 Å². The summed E-state index contributed by atoms with van der Waals surface area (Å²) in [7, 11) is 1.72. The summed E-state index contributed by atoms with van der Waals surface area (Å²) in [6.45, 7) is 7.45. The molecule has 0 bridgehead atoms. The van der Waals surface area contributed by atoms with E-state index in [1.807, 2.05) is 29.2 Å². The maximum absolute atomic E-state index is 13.3. The fraction of sp³-hybridized carbons (Fsp3) is 0.407. The fourth-order valence-corrected chi connectivity index (χ4v) is 5.03. The summed E-state index contributed by atoms with van der Waals surface area (Å²) in [4.78, 5) is 24.9. The van der Waals surface area contributed by atoms with Gasteiger partial charge in [0.05, 0.1) is 18.4 Å². The molecule has 5 rings (SSSR count). The number of hydrogen-bond acceptors (Lipinski definition) is 5. The van der Waals surface area contributed by atoms with Crippen LogP contribution in [-0.2, 0) is 0 Å². The summed E-state index contributed by atoms with van der Waals surface area (Å²) < 4.78 is 5.56. The molecular formula is C27H32N4O2. The molecule has 0 spiro atoms. The van der Waals surface area contributed by atoms with Crippen molar-refractivity contribution in [2.24, 2.45) is 5.92 Å². The maximum Gasteiger partial charge on any atom is 0.256 e. The van der Waals surface area contributed by atoms with Gasteiger partial charge in [0, 0.05) is 50.9 Å². The molecule has 6 nitrogen and oxygen atoms in total. The Balaban J connectivity index is 1.38. The highest BCUT2D eigenvalue weighted by molar-refractivity contribution is 6.09. The lowest BCUT2D eigenvalue weighted by Crippen LogP contribution is -2.47. The van der Waals surface area contributed by atoms with Crippen molar-refractivity contribution in [2.45, 2.75) is 19.8 Å². The molecule has 0 aliphatic carbocycles. The van der Waals surface area contributed by atoms with Gasteiger partial charge in [0.25, 0.3) is 5.91 Å². The van der Waals surface area contributed by atoms with E-state index < -0.39 is 0 Å². The van der Waals surface area contributed by atoms with Crippen molar-refractivity contribution < 1.29 is 9.53 Å². The zero-order valence-corrected chi connectivity index (χ0v) is 19.5. The molecule has 2 aromatic carbocycles. The summed E-state index contributed by atoms with van der Waals surface area (Å²) in [5, 5.41) is 2.05. The second kappa shape index (κ2) is 9.30. The monoisotopic (exact) mass is 444 g/mol. The van der Waals surface area contributed by atoms with Crippen LogP contribution in [0.4, 0.5) is 11.5 Å². The highest BCUT2D eigenvalue weighted by atomic mass is 16.5. The minimum absolute atomic E-state index is 0.109. The summed E-state index contributed by atoms with van der Waals surface area (Å²) in [6, 6.07) is 16.4. The van der Waals surface area contributed by atoms with Crippen LogP contribution in [-0.4, -0.2) is 62.2 Å². The smallest absolute Gasteiger partial charge is 0.256 e. The number of nitrogens with zero attached hydrogens (tertiary/aromatic N) is 4. The SMILES string of the molecule is COc1ccccc1N1CCN(c2ncc(C(=O)N3CCC(C)CC3)c3ccccc23)CC1. The number of anilines is 2. The Morgan fingerprint density at radius 3 is 2.24 bits per heavy atom. The van der Waals surface area contributed by atoms with Crippen LogP contribution in [0.2, 0.25) is 0 Å². The Morgan fingerprint density at radius 2 is 1.52 bits per heavy atom. The van der Waals surface area contributed by atoms with Crippen LogP contribution in [0.1, 0.15) is 30.1 Å². The molecular weight excluding hydrogens is 412 g/mol. The van der Waals surface area contributed by atoms with E-state index in [-0.39, 0.29) is 5.91 Å². The third-order valence-electron chi connectivity index (χ3n) is 7.08. The number of carbonyl (C=O) groups is 1. The van der Waals surface area contributed by atoms with Crippen LogP contribution < -0.4 is 14.5 Å². The van der Waals surface area contributed by atoms with E-state index in [0.29, 0.717) is 5.92 Å². The van der Waals surface area contributed by atoms with Gasteiger partial charge in [-0.15, -0.1) is 0 Å². The first-order valence-electron chi connectivity index (χ1n) is 12.0. The number of pyridine rings is 1. The molecule has 2 saturated heterocycles. The van der Waals surface area contributed by atoms with Gasteiger partial charge in [0.15, 0.2) is 0 Å². The van der Waals surface area contributed by atoms with E-state index in [1.165, 1.54) is 0 Å². The van der Waals surface area contributed by atoms with Crippen LogP contribution in [0, 0.1) is 5.92 Å². The molecule has 172 valence electrons. The van der Waals surface area contributed by atoms with Crippen LogP contribution >= 0.6 is 0 Å². The number of methoxy groups -OCH3 is 1. The van der Waals surface area contributed by atoms with Crippen LogP contribution in [0.25, 0.3) is 10.8 Å². The lowest BCUT2D eigenvalue weighted by atomic mass is 9.98. The van der Waals surface area contributed by atoms with Gasteiger partial charge in [-0.2, -0.15) is 0 Å². The Labute approximate surface area is 195 Å². The van der Waals surface area contributed by atoms with Gasteiger partial charge in [0.1, 0.15) is 11.6 Å². The van der Waals surface area contributed by atoms with Crippen molar-refractivity contribution in [3.05, 3.63) is 60.3 Å². The number of fused-ring (bicyclic) bond motifs is 1. The van der Waals surface area contributed by atoms with Crippen molar-refractivity contribution in [1.82, 2.24) is 9.88 Å². The van der Waals surface area contributed by atoms with Gasteiger partial charge in [-0.3, -0.25) is 4.79 Å². The van der Waals surface area contributed by atoms with Gasteiger partial charge in [-0.25, -0.2) is 4.98 Å². The largest absolute Gasteiger partial charge is 0.495 e. The number of para-hydroxylation sites is 2. The molecule has 0 radical (unpaired) electrons. The van der Waals surface area contributed by atoms with E-state index in [9.17, 15) is 4.79 Å². The van der Waals surface area contributed by atoms with Crippen molar-refractivity contribution in [1.29, 1.82) is 0 Å². The van der Waals surface area contributed by atoms with Gasteiger partial charge in [-0.05, 0) is 36.3 Å². The molecule has 33 heavy (non-hydrogen) atoms. The molecule has 2 aliphatic heterocycles. The second-order valence-electron chi connectivity index (χ2n) is 9.16. The third-order valence-corrected chi connectivity index (χ3v) is 7.08. The van der Waals surface area contributed by atoms with Crippen molar-refractivity contribution in [3.8, 4) is 5.75 Å². The normalized spacial score (nSPS) is 17.5. The molecule has 6 heteroatoms. The van der Waals surface area contributed by atoms with Crippen molar-refractivity contribution in [3.63, 3.8) is 0 Å². The Bertz CT molecular complexity index is 1130. The summed E-state index contributed by atoms with van der Waals surface area (Å²) in [6.07, 6.45) is 3.95. The summed E-state index contributed by atoms with van der Waals surface area (Å²) >= 11 is 0. The number of benzene rings is 2. The van der Waals surface area contributed by atoms with E-state index in [4.69, 9.17) is 9.72 Å². The van der Waals surface area contributed by atoms with E-state index in [1.54, 1.807) is 13.3 Å². The van der Waals surface area contributed by atoms with Gasteiger partial charge < -0.3 is 19.4 Å². The molecule has 0 atom stereocenters. The predicted octanol–water partition coefficient (Wildman–Crippen LogP) is 4.44. The third kappa shape index (κ3) is 4.22. The van der Waals surface area contributed by atoms with Crippen LogP contribution in [0.15, 0.2) is 54.7 Å². The van der Waals surface area contributed by atoms with Crippen LogP contribution in [0.3, 0.4) is 0 Å². The first kappa shape index (κ1) is 21.6. The number of hydrogen-bond donors (Lipinski definition) is 0. The minimum Gasteiger partial charge on any atom is -0.495 e. The first-order valence-corrected chi connectivity index (χ1v) is 12.0. The minimum atomic E-state index is 0.109. The lowest BCUT2D eigenvalue weighted by molar-refractivity contribution is 0.0699. The number of rotatable bonds is 4. The van der Waals surface area contributed by atoms with Gasteiger partial charge >= 0.3 is 0 Å². The summed E-state index contributed by atoms with van der Waals surface area (Å²) in [5.41, 5.74) is 1.85. The Hall–Kier alpha value is -3.28. The maximum atomic E-state index is 13.3. The van der Waals surface area contributed by atoms with Crippen LogP contribution in [0.5, 0.6) is 5.75 Å². The number of carbonyl (C=O) groups excluding carboxylic acids is 1. The highest BCUT2D eigenvalue weighted by Crippen LogP contribution is 2.32. The molecule has 3 heterocycles. The number of piperazine rings is 1. The zero-order chi connectivity index (χ0) is 22.8. The lowest BCUT2D eigenvalue weighted by Gasteiger charge is -2.37. The van der Waals surface area contributed by atoms with Gasteiger partial charge in [-0.1, -0.05) is 43.3 Å². The average Bonchev–Trinajstić information content (AvgIpc) is 2.88. The molecule has 3 aromatic rings. The van der Waals surface area contributed by atoms with Gasteiger partial charge in [0.2, 0.25) is 0 Å². The fourth-order valence-electron chi connectivity index (χ4n) is 5.03. The number of likely N-dealkylation sites (tertiary alicyclic amines) is 1. The molecule has 0 N–H and O–H groups in total. The second-order valence-corrected chi connectivity index (χ2v) is 9.16. The number of amides is 1. The average molecular weight is 445 g/mol. The topological polar surface area (TPSA) is 48.9 Å². The molecule has 0 unspecified atom stereocenters. The Morgan fingerprint density at radius 1 is 0.879 bits per heavy atom. The van der Waals surface area contributed by atoms with E-state index in [2.05, 4.69) is 41.0 Å². The molecule has 2 aliphatic rings. The van der Waals surface area contributed by atoms with Crippen molar-refractivity contribution >= 4 is 28.2 Å². The first-order chi connectivity index (χ1) is 16.2. The molecule has 1 amide bonds. The quantitative estimate of drug-likeness (QED) is 0.595. The predicted molar refractivity (Wildman–Crippen MR) is 133 cm³/mol.